The number of aromatic amines is 1. The Labute approximate surface area is 118 Å². The summed E-state index contributed by atoms with van der Waals surface area (Å²) in [5.41, 5.74) is 2.59. The van der Waals surface area contributed by atoms with Gasteiger partial charge in [-0.25, -0.2) is 4.98 Å². The molecule has 0 aromatic carbocycles. The molecule has 104 valence electrons. The Morgan fingerprint density at radius 1 is 1.45 bits per heavy atom. The largest absolute Gasteiger partial charge is 0.337 e. The maximum atomic E-state index is 12.5. The standard InChI is InChI=1S/C15H18N4O/c1-11-4-2-6-14(18-11)15(20)19-7-3-5-12(10-19)13-8-16-17-9-13/h2,4,6,8-9,12H,3,5,7,10H2,1H3,(H,16,17)/t12-/m1/s1. The van der Waals surface area contributed by atoms with Gasteiger partial charge in [0.25, 0.3) is 5.91 Å². The van der Waals surface area contributed by atoms with Gasteiger partial charge in [0.2, 0.25) is 0 Å². The van der Waals surface area contributed by atoms with Crippen molar-refractivity contribution in [1.82, 2.24) is 20.1 Å². The van der Waals surface area contributed by atoms with E-state index < -0.39 is 0 Å². The van der Waals surface area contributed by atoms with Crippen LogP contribution in [0.15, 0.2) is 30.6 Å². The average Bonchev–Trinajstić information content (AvgIpc) is 3.01. The second-order valence-corrected chi connectivity index (χ2v) is 5.29. The van der Waals surface area contributed by atoms with Gasteiger partial charge in [-0.05, 0) is 37.5 Å². The summed E-state index contributed by atoms with van der Waals surface area (Å²) in [5, 5.41) is 6.84. The third kappa shape index (κ3) is 2.57. The van der Waals surface area contributed by atoms with Gasteiger partial charge in [-0.15, -0.1) is 0 Å². The van der Waals surface area contributed by atoms with Crippen molar-refractivity contribution in [3.63, 3.8) is 0 Å². The third-order valence-corrected chi connectivity index (χ3v) is 3.81. The van der Waals surface area contributed by atoms with Gasteiger partial charge in [-0.1, -0.05) is 6.07 Å². The monoisotopic (exact) mass is 270 g/mol. The Morgan fingerprint density at radius 3 is 3.10 bits per heavy atom. The van der Waals surface area contributed by atoms with Gasteiger partial charge >= 0.3 is 0 Å². The molecule has 1 aliphatic heterocycles. The molecule has 0 aliphatic carbocycles. The van der Waals surface area contributed by atoms with Crippen molar-refractivity contribution >= 4 is 5.91 Å². The van der Waals surface area contributed by atoms with Crippen molar-refractivity contribution in [3.05, 3.63) is 47.5 Å². The summed E-state index contributed by atoms with van der Waals surface area (Å²) in [5.74, 6) is 0.401. The molecule has 0 bridgehead atoms. The third-order valence-electron chi connectivity index (χ3n) is 3.81. The zero-order chi connectivity index (χ0) is 13.9. The number of piperidine rings is 1. The van der Waals surface area contributed by atoms with E-state index in [9.17, 15) is 4.79 Å². The number of rotatable bonds is 2. The molecule has 1 fully saturated rings. The second-order valence-electron chi connectivity index (χ2n) is 5.29. The number of H-pyrrole nitrogens is 1. The molecule has 5 nitrogen and oxygen atoms in total. The molecule has 0 spiro atoms. The molecule has 20 heavy (non-hydrogen) atoms. The average molecular weight is 270 g/mol. The van der Waals surface area contributed by atoms with Gasteiger partial charge < -0.3 is 4.90 Å². The summed E-state index contributed by atoms with van der Waals surface area (Å²) in [6.45, 7) is 3.46. The number of carbonyl (C=O) groups excluding carboxylic acids is 1. The molecule has 3 rings (SSSR count). The van der Waals surface area contributed by atoms with Crippen LogP contribution in [0.4, 0.5) is 0 Å². The second kappa shape index (κ2) is 5.45. The summed E-state index contributed by atoms with van der Waals surface area (Å²) in [4.78, 5) is 18.7. The minimum Gasteiger partial charge on any atom is -0.337 e. The molecule has 0 radical (unpaired) electrons. The number of hydrogen-bond acceptors (Lipinski definition) is 3. The fourth-order valence-electron chi connectivity index (χ4n) is 2.74. The minimum atomic E-state index is 0.0295. The number of amides is 1. The molecule has 2 aromatic rings. The first-order valence-electron chi connectivity index (χ1n) is 6.95. The molecule has 1 saturated heterocycles. The zero-order valence-electron chi connectivity index (χ0n) is 11.5. The zero-order valence-corrected chi connectivity index (χ0v) is 11.5. The first-order valence-corrected chi connectivity index (χ1v) is 6.95. The van der Waals surface area contributed by atoms with Crippen LogP contribution in [0, 0.1) is 6.92 Å². The summed E-state index contributed by atoms with van der Waals surface area (Å²) in [7, 11) is 0. The van der Waals surface area contributed by atoms with Crippen LogP contribution in [-0.4, -0.2) is 39.1 Å². The quantitative estimate of drug-likeness (QED) is 0.909. The molecular weight excluding hydrogens is 252 g/mol. The van der Waals surface area contributed by atoms with E-state index in [4.69, 9.17) is 0 Å². The summed E-state index contributed by atoms with van der Waals surface area (Å²) >= 11 is 0. The minimum absolute atomic E-state index is 0.0295. The highest BCUT2D eigenvalue weighted by atomic mass is 16.2. The van der Waals surface area contributed by atoms with Crippen LogP contribution < -0.4 is 0 Å². The number of aromatic nitrogens is 3. The van der Waals surface area contributed by atoms with E-state index in [1.807, 2.05) is 36.4 Å². The van der Waals surface area contributed by atoms with Crippen LogP contribution in [-0.2, 0) is 0 Å². The number of pyridine rings is 1. The Kier molecular flexibility index (Phi) is 3.50. The molecule has 0 unspecified atom stereocenters. The first-order chi connectivity index (χ1) is 9.74. The predicted octanol–water partition coefficient (Wildman–Crippen LogP) is 2.13. The lowest BCUT2D eigenvalue weighted by molar-refractivity contribution is 0.0701. The topological polar surface area (TPSA) is 61.9 Å². The highest BCUT2D eigenvalue weighted by Gasteiger charge is 2.26. The molecule has 0 saturated carbocycles. The molecule has 1 N–H and O–H groups in total. The lowest BCUT2D eigenvalue weighted by atomic mass is 9.92. The number of nitrogens with zero attached hydrogens (tertiary/aromatic N) is 3. The predicted molar refractivity (Wildman–Crippen MR) is 75.4 cm³/mol. The SMILES string of the molecule is Cc1cccc(C(=O)N2CCC[C@@H](c3cn[nH]c3)C2)n1. The Morgan fingerprint density at radius 2 is 2.35 bits per heavy atom. The van der Waals surface area contributed by atoms with Crippen molar-refractivity contribution in [1.29, 1.82) is 0 Å². The molecule has 5 heteroatoms. The maximum Gasteiger partial charge on any atom is 0.272 e. The van der Waals surface area contributed by atoms with Gasteiger partial charge in [0.1, 0.15) is 5.69 Å². The fraction of sp³-hybridized carbons (Fsp3) is 0.400. The number of hydrogen-bond donors (Lipinski definition) is 1. The molecule has 1 amide bonds. The van der Waals surface area contributed by atoms with Crippen LogP contribution in [0.2, 0.25) is 0 Å². The van der Waals surface area contributed by atoms with E-state index in [1.54, 1.807) is 6.07 Å². The Hall–Kier alpha value is -2.17. The van der Waals surface area contributed by atoms with E-state index in [0.29, 0.717) is 11.6 Å². The lowest BCUT2D eigenvalue weighted by Crippen LogP contribution is -2.39. The maximum absolute atomic E-state index is 12.5. The number of aryl methyl sites for hydroxylation is 1. The van der Waals surface area contributed by atoms with Crippen molar-refractivity contribution < 1.29 is 4.79 Å². The molecule has 1 atom stereocenters. The highest BCUT2D eigenvalue weighted by Crippen LogP contribution is 2.26. The van der Waals surface area contributed by atoms with Crippen LogP contribution >= 0.6 is 0 Å². The van der Waals surface area contributed by atoms with E-state index in [-0.39, 0.29) is 5.91 Å². The van der Waals surface area contributed by atoms with Crippen molar-refractivity contribution in [2.75, 3.05) is 13.1 Å². The lowest BCUT2D eigenvalue weighted by Gasteiger charge is -2.32. The van der Waals surface area contributed by atoms with E-state index in [2.05, 4.69) is 15.2 Å². The van der Waals surface area contributed by atoms with Gasteiger partial charge in [0, 0.05) is 30.9 Å². The smallest absolute Gasteiger partial charge is 0.272 e. The summed E-state index contributed by atoms with van der Waals surface area (Å²) in [6.07, 6.45) is 5.89. The van der Waals surface area contributed by atoms with Crippen molar-refractivity contribution in [3.8, 4) is 0 Å². The van der Waals surface area contributed by atoms with Crippen LogP contribution in [0.1, 0.15) is 40.5 Å². The summed E-state index contributed by atoms with van der Waals surface area (Å²) < 4.78 is 0. The van der Waals surface area contributed by atoms with Gasteiger partial charge in [-0.3, -0.25) is 9.89 Å². The number of nitrogens with one attached hydrogen (secondary N) is 1. The van der Waals surface area contributed by atoms with Crippen LogP contribution in [0.3, 0.4) is 0 Å². The molecule has 2 aromatic heterocycles. The van der Waals surface area contributed by atoms with Crippen molar-refractivity contribution in [2.24, 2.45) is 0 Å². The first kappa shape index (κ1) is 12.8. The van der Waals surface area contributed by atoms with Crippen molar-refractivity contribution in [2.45, 2.75) is 25.7 Å². The summed E-state index contributed by atoms with van der Waals surface area (Å²) in [6, 6.07) is 5.57. The van der Waals surface area contributed by atoms with Crippen LogP contribution in [0.5, 0.6) is 0 Å². The van der Waals surface area contributed by atoms with Gasteiger partial charge in [0.05, 0.1) is 6.20 Å². The van der Waals surface area contributed by atoms with Gasteiger partial charge in [-0.2, -0.15) is 5.10 Å². The van der Waals surface area contributed by atoms with Gasteiger partial charge in [0.15, 0.2) is 0 Å². The number of carbonyl (C=O) groups is 1. The fourth-order valence-corrected chi connectivity index (χ4v) is 2.74. The Bertz CT molecular complexity index is 594. The van der Waals surface area contributed by atoms with E-state index >= 15 is 0 Å². The Balaban J connectivity index is 1.75. The highest BCUT2D eigenvalue weighted by molar-refractivity contribution is 5.92. The molecule has 1 aliphatic rings. The van der Waals surface area contributed by atoms with E-state index in [0.717, 1.165) is 31.6 Å². The number of likely N-dealkylation sites (tertiary alicyclic amines) is 1. The molecule has 3 heterocycles. The van der Waals surface area contributed by atoms with E-state index in [1.165, 1.54) is 5.56 Å². The molecular formula is C15H18N4O. The van der Waals surface area contributed by atoms with Crippen LogP contribution in [0.25, 0.3) is 0 Å². The normalized spacial score (nSPS) is 19.1.